The second-order valence-electron chi connectivity index (χ2n) is 3.65. The lowest BCUT2D eigenvalue weighted by Gasteiger charge is -2.02. The summed E-state index contributed by atoms with van der Waals surface area (Å²) in [7, 11) is 1.77. The molecule has 3 aromatic rings. The average Bonchev–Trinajstić information content (AvgIpc) is 2.83. The molecule has 0 aliphatic carbocycles. The van der Waals surface area contributed by atoms with Crippen LogP contribution in [-0.4, -0.2) is 22.0 Å². The van der Waals surface area contributed by atoms with Crippen LogP contribution in [0.5, 0.6) is 0 Å². The van der Waals surface area contributed by atoms with Crippen LogP contribution in [-0.2, 0) is 0 Å². The maximum Gasteiger partial charge on any atom is 0.223 e. The van der Waals surface area contributed by atoms with Crippen LogP contribution in [0, 0.1) is 0 Å². The Hall–Kier alpha value is -1.37. The smallest absolute Gasteiger partial charge is 0.223 e. The van der Waals surface area contributed by atoms with Crippen LogP contribution < -0.4 is 5.32 Å². The van der Waals surface area contributed by atoms with Gasteiger partial charge in [-0.15, -0.1) is 11.3 Å². The SMILES string of the molecule is CNc1ncc(Cl)c(Sc2nc3ccccc3s2)n1. The molecule has 1 aromatic carbocycles. The molecule has 0 aliphatic heterocycles. The average molecular weight is 309 g/mol. The van der Waals surface area contributed by atoms with Gasteiger partial charge in [0.05, 0.1) is 21.4 Å². The number of para-hydroxylation sites is 1. The molecule has 19 heavy (non-hydrogen) atoms. The Labute approximate surface area is 123 Å². The predicted molar refractivity (Wildman–Crippen MR) is 80.3 cm³/mol. The van der Waals surface area contributed by atoms with E-state index >= 15 is 0 Å². The monoisotopic (exact) mass is 308 g/mol. The number of fused-ring (bicyclic) bond motifs is 1. The van der Waals surface area contributed by atoms with Crippen molar-refractivity contribution in [2.24, 2.45) is 0 Å². The first kappa shape index (κ1) is 12.7. The fourth-order valence-corrected chi connectivity index (χ4v) is 3.69. The molecule has 0 saturated carbocycles. The molecule has 0 unspecified atom stereocenters. The van der Waals surface area contributed by atoms with Gasteiger partial charge in [0.15, 0.2) is 4.34 Å². The molecule has 0 spiro atoms. The van der Waals surface area contributed by atoms with Gasteiger partial charge in [0.25, 0.3) is 0 Å². The summed E-state index contributed by atoms with van der Waals surface area (Å²) in [4.78, 5) is 12.9. The Morgan fingerprint density at radius 2 is 2.11 bits per heavy atom. The Balaban J connectivity index is 1.96. The highest BCUT2D eigenvalue weighted by Crippen LogP contribution is 2.36. The first-order valence-electron chi connectivity index (χ1n) is 5.50. The standard InChI is InChI=1S/C12H9ClN4S2/c1-14-11-15-6-7(13)10(17-11)19-12-16-8-4-2-3-5-9(8)18-12/h2-6H,1H3,(H,14,15,17). The van der Waals surface area contributed by atoms with Gasteiger partial charge in [-0.3, -0.25) is 0 Å². The van der Waals surface area contributed by atoms with Crippen molar-refractivity contribution in [3.8, 4) is 0 Å². The molecule has 7 heteroatoms. The first-order valence-corrected chi connectivity index (χ1v) is 7.51. The third-order valence-corrected chi connectivity index (χ3v) is 4.88. The van der Waals surface area contributed by atoms with Crippen molar-refractivity contribution in [2.75, 3.05) is 12.4 Å². The molecular weight excluding hydrogens is 300 g/mol. The molecule has 0 atom stereocenters. The molecule has 1 N–H and O–H groups in total. The van der Waals surface area contributed by atoms with E-state index in [1.54, 1.807) is 24.6 Å². The van der Waals surface area contributed by atoms with E-state index in [1.807, 2.05) is 18.2 Å². The van der Waals surface area contributed by atoms with Gasteiger partial charge in [0.1, 0.15) is 5.03 Å². The fraction of sp³-hybridized carbons (Fsp3) is 0.0833. The zero-order chi connectivity index (χ0) is 13.2. The van der Waals surface area contributed by atoms with E-state index in [2.05, 4.69) is 26.3 Å². The number of hydrogen-bond donors (Lipinski definition) is 1. The minimum absolute atomic E-state index is 0.531. The molecule has 0 aliphatic rings. The van der Waals surface area contributed by atoms with Crippen LogP contribution in [0.3, 0.4) is 0 Å². The largest absolute Gasteiger partial charge is 0.357 e. The first-order chi connectivity index (χ1) is 9.26. The number of rotatable bonds is 3. The lowest BCUT2D eigenvalue weighted by molar-refractivity contribution is 1.04. The summed E-state index contributed by atoms with van der Waals surface area (Å²) in [5.74, 6) is 0.549. The minimum Gasteiger partial charge on any atom is -0.357 e. The second kappa shape index (κ2) is 5.32. The van der Waals surface area contributed by atoms with E-state index in [4.69, 9.17) is 11.6 Å². The van der Waals surface area contributed by atoms with Crippen molar-refractivity contribution in [2.45, 2.75) is 9.37 Å². The molecule has 0 bridgehead atoms. The van der Waals surface area contributed by atoms with Gasteiger partial charge in [-0.1, -0.05) is 23.7 Å². The van der Waals surface area contributed by atoms with Gasteiger partial charge in [0, 0.05) is 7.05 Å². The lowest BCUT2D eigenvalue weighted by Crippen LogP contribution is -1.96. The van der Waals surface area contributed by atoms with Gasteiger partial charge in [-0.2, -0.15) is 0 Å². The predicted octanol–water partition coefficient (Wildman–Crippen LogP) is 3.93. The number of halogens is 1. The van der Waals surface area contributed by atoms with Crippen LogP contribution in [0.15, 0.2) is 39.8 Å². The summed E-state index contributed by atoms with van der Waals surface area (Å²) in [6.07, 6.45) is 1.59. The zero-order valence-electron chi connectivity index (χ0n) is 9.92. The summed E-state index contributed by atoms with van der Waals surface area (Å²) in [5.41, 5.74) is 0.994. The normalized spacial score (nSPS) is 10.8. The number of aromatic nitrogens is 3. The van der Waals surface area contributed by atoms with E-state index in [1.165, 1.54) is 11.8 Å². The summed E-state index contributed by atoms with van der Waals surface area (Å²) >= 11 is 9.19. The summed E-state index contributed by atoms with van der Waals surface area (Å²) in [6.45, 7) is 0. The van der Waals surface area contributed by atoms with Crippen molar-refractivity contribution in [3.63, 3.8) is 0 Å². The quantitative estimate of drug-likeness (QED) is 0.743. The molecular formula is C12H9ClN4S2. The third-order valence-electron chi connectivity index (χ3n) is 2.39. The van der Waals surface area contributed by atoms with Gasteiger partial charge in [-0.25, -0.2) is 15.0 Å². The molecule has 0 fully saturated rings. The molecule has 4 nitrogen and oxygen atoms in total. The number of hydrogen-bond acceptors (Lipinski definition) is 6. The highest BCUT2D eigenvalue weighted by Gasteiger charge is 2.10. The van der Waals surface area contributed by atoms with E-state index in [0.29, 0.717) is 16.0 Å². The molecule has 0 amide bonds. The van der Waals surface area contributed by atoms with E-state index in [-0.39, 0.29) is 0 Å². The Morgan fingerprint density at radius 1 is 1.26 bits per heavy atom. The highest BCUT2D eigenvalue weighted by atomic mass is 35.5. The number of nitrogens with one attached hydrogen (secondary N) is 1. The van der Waals surface area contributed by atoms with Gasteiger partial charge in [-0.05, 0) is 23.9 Å². The van der Waals surface area contributed by atoms with Crippen molar-refractivity contribution in [1.29, 1.82) is 0 Å². The van der Waals surface area contributed by atoms with Crippen LogP contribution in [0.25, 0.3) is 10.2 Å². The van der Waals surface area contributed by atoms with Crippen LogP contribution in [0.2, 0.25) is 5.02 Å². The van der Waals surface area contributed by atoms with E-state index < -0.39 is 0 Å². The van der Waals surface area contributed by atoms with Crippen molar-refractivity contribution in [1.82, 2.24) is 15.0 Å². The van der Waals surface area contributed by atoms with Crippen LogP contribution in [0.4, 0.5) is 5.95 Å². The zero-order valence-corrected chi connectivity index (χ0v) is 12.3. The third kappa shape index (κ3) is 2.65. The Morgan fingerprint density at radius 3 is 2.89 bits per heavy atom. The topological polar surface area (TPSA) is 50.7 Å². The van der Waals surface area contributed by atoms with Crippen molar-refractivity contribution < 1.29 is 0 Å². The number of thiazole rings is 1. The number of nitrogens with zero attached hydrogens (tertiary/aromatic N) is 3. The maximum atomic E-state index is 6.11. The van der Waals surface area contributed by atoms with Crippen molar-refractivity contribution in [3.05, 3.63) is 35.5 Å². The number of benzene rings is 1. The van der Waals surface area contributed by atoms with Gasteiger partial charge < -0.3 is 5.32 Å². The molecule has 2 aromatic heterocycles. The van der Waals surface area contributed by atoms with Crippen LogP contribution >= 0.6 is 34.7 Å². The van der Waals surface area contributed by atoms with Gasteiger partial charge >= 0.3 is 0 Å². The second-order valence-corrected chi connectivity index (χ2v) is 6.32. The van der Waals surface area contributed by atoms with E-state index in [0.717, 1.165) is 14.6 Å². The van der Waals surface area contributed by atoms with Crippen LogP contribution in [0.1, 0.15) is 0 Å². The molecule has 2 heterocycles. The Bertz CT molecular complexity index is 696. The summed E-state index contributed by atoms with van der Waals surface area (Å²) in [6, 6.07) is 8.03. The lowest BCUT2D eigenvalue weighted by atomic mass is 10.3. The van der Waals surface area contributed by atoms with Gasteiger partial charge in [0.2, 0.25) is 5.95 Å². The van der Waals surface area contributed by atoms with E-state index in [9.17, 15) is 0 Å². The molecule has 0 radical (unpaired) electrons. The highest BCUT2D eigenvalue weighted by molar-refractivity contribution is 8.01. The minimum atomic E-state index is 0.531. The number of anilines is 1. The summed E-state index contributed by atoms with van der Waals surface area (Å²) < 4.78 is 2.08. The Kier molecular flexibility index (Phi) is 3.54. The maximum absolute atomic E-state index is 6.11. The molecule has 96 valence electrons. The molecule has 0 saturated heterocycles. The molecule has 3 rings (SSSR count). The summed E-state index contributed by atoms with van der Waals surface area (Å²) in [5, 5.41) is 4.13. The van der Waals surface area contributed by atoms with Crippen molar-refractivity contribution >= 4 is 50.9 Å². The fourth-order valence-electron chi connectivity index (χ4n) is 1.52.